The second kappa shape index (κ2) is 6.55. The number of rotatable bonds is 2. The molecule has 134 valence electrons. The molecule has 0 aliphatic carbocycles. The number of carbonyl (C=O) groups excluding carboxylic acids is 2. The van der Waals surface area contributed by atoms with Gasteiger partial charge in [0, 0.05) is 14.1 Å². The minimum atomic E-state index is -0.493. The van der Waals surface area contributed by atoms with Crippen molar-refractivity contribution in [1.82, 2.24) is 20.4 Å². The van der Waals surface area contributed by atoms with Crippen LogP contribution in [0.5, 0.6) is 0 Å². The first-order valence-electron chi connectivity index (χ1n) is 8.74. The Morgan fingerprint density at radius 2 is 1.23 bits per heavy atom. The second-order valence-electron chi connectivity index (χ2n) is 6.82. The molecule has 2 N–H and O–H groups in total. The van der Waals surface area contributed by atoms with Crippen LogP contribution >= 0.6 is 0 Å². The maximum Gasteiger partial charge on any atom is 0.327 e. The van der Waals surface area contributed by atoms with Crippen molar-refractivity contribution in [3.63, 3.8) is 0 Å². The predicted octanol–water partition coefficient (Wildman–Crippen LogP) is 1.88. The van der Waals surface area contributed by atoms with Crippen LogP contribution in [0.25, 0.3) is 0 Å². The molecule has 26 heavy (non-hydrogen) atoms. The van der Waals surface area contributed by atoms with E-state index in [1.54, 1.807) is 11.9 Å². The Bertz CT molecular complexity index is 811. The fourth-order valence-electron chi connectivity index (χ4n) is 3.86. The maximum absolute atomic E-state index is 12.7. The van der Waals surface area contributed by atoms with Gasteiger partial charge in [-0.2, -0.15) is 0 Å². The molecule has 2 fully saturated rings. The van der Waals surface area contributed by atoms with Crippen molar-refractivity contribution in [2.75, 3.05) is 14.1 Å². The van der Waals surface area contributed by atoms with E-state index in [-0.39, 0.29) is 24.0 Å². The van der Waals surface area contributed by atoms with Gasteiger partial charge in [0.05, 0.1) is 12.1 Å². The van der Waals surface area contributed by atoms with Gasteiger partial charge in [0.1, 0.15) is 12.2 Å². The van der Waals surface area contributed by atoms with Crippen molar-refractivity contribution in [2.24, 2.45) is 0 Å². The lowest BCUT2D eigenvalue weighted by atomic mass is 9.88. The number of hydrogen-bond donors (Lipinski definition) is 2. The number of amides is 3. The van der Waals surface area contributed by atoms with Crippen LogP contribution in [0, 0.1) is 0 Å². The molecule has 2 saturated heterocycles. The third-order valence-electron chi connectivity index (χ3n) is 5.28. The number of hydrogen-bond acceptors (Lipinski definition) is 4. The predicted molar refractivity (Wildman–Crippen MR) is 98.1 cm³/mol. The monoisotopic (exact) mass is 350 g/mol. The summed E-state index contributed by atoms with van der Waals surface area (Å²) in [5.74, 6) is -0.210. The molecule has 0 bridgehead atoms. The summed E-state index contributed by atoms with van der Waals surface area (Å²) in [6.45, 7) is 0. The Morgan fingerprint density at radius 3 is 1.77 bits per heavy atom. The van der Waals surface area contributed by atoms with Crippen molar-refractivity contribution >= 4 is 11.9 Å². The lowest BCUT2D eigenvalue weighted by molar-refractivity contribution is -0.137. The number of nitrogens with zero attached hydrogens (tertiary/aromatic N) is 2. The van der Waals surface area contributed by atoms with E-state index in [2.05, 4.69) is 34.9 Å². The Hall–Kier alpha value is -2.70. The van der Waals surface area contributed by atoms with Gasteiger partial charge in [0.15, 0.2) is 0 Å². The van der Waals surface area contributed by atoms with Crippen LogP contribution in [0.3, 0.4) is 0 Å². The molecule has 4 atom stereocenters. The molecule has 2 aliphatic heterocycles. The van der Waals surface area contributed by atoms with Crippen LogP contribution in [0.4, 0.5) is 4.79 Å². The minimum absolute atomic E-state index is 0.0636. The number of imide groups is 1. The highest BCUT2D eigenvalue weighted by molar-refractivity contribution is 6.00. The summed E-state index contributed by atoms with van der Waals surface area (Å²) in [6, 6.07) is 19.3. The number of urea groups is 1. The quantitative estimate of drug-likeness (QED) is 0.868. The number of nitrogens with one attached hydrogen (secondary N) is 2. The van der Waals surface area contributed by atoms with Crippen LogP contribution in [0.2, 0.25) is 0 Å². The van der Waals surface area contributed by atoms with Crippen molar-refractivity contribution in [1.29, 1.82) is 0 Å². The van der Waals surface area contributed by atoms with Crippen LogP contribution in [0.15, 0.2) is 60.7 Å². The molecular weight excluding hydrogens is 328 g/mol. The SMILES string of the molecule is CN1C(=O)C2NC(c3ccccc3)C(c3ccccc3)NC2N(C)C1=O. The molecule has 2 heterocycles. The molecule has 4 rings (SSSR count). The first-order valence-corrected chi connectivity index (χ1v) is 8.74. The molecule has 6 nitrogen and oxygen atoms in total. The average Bonchev–Trinajstić information content (AvgIpc) is 2.71. The van der Waals surface area contributed by atoms with Gasteiger partial charge in [-0.1, -0.05) is 60.7 Å². The molecule has 0 spiro atoms. The smallest absolute Gasteiger partial charge is 0.310 e. The number of fused-ring (bicyclic) bond motifs is 1. The van der Waals surface area contributed by atoms with Crippen LogP contribution in [0.1, 0.15) is 23.2 Å². The summed E-state index contributed by atoms with van der Waals surface area (Å²) in [7, 11) is 3.25. The van der Waals surface area contributed by atoms with E-state index in [0.717, 1.165) is 11.1 Å². The van der Waals surface area contributed by atoms with Gasteiger partial charge in [-0.3, -0.25) is 20.3 Å². The molecule has 2 aromatic rings. The van der Waals surface area contributed by atoms with E-state index in [4.69, 9.17) is 0 Å². The second-order valence-corrected chi connectivity index (χ2v) is 6.82. The third kappa shape index (κ3) is 2.67. The summed E-state index contributed by atoms with van der Waals surface area (Å²) in [5, 5.41) is 7.05. The van der Waals surface area contributed by atoms with E-state index >= 15 is 0 Å². The van der Waals surface area contributed by atoms with Gasteiger partial charge in [0.25, 0.3) is 5.91 Å². The van der Waals surface area contributed by atoms with Crippen LogP contribution in [-0.2, 0) is 4.79 Å². The Balaban J connectivity index is 1.75. The van der Waals surface area contributed by atoms with Gasteiger partial charge in [0.2, 0.25) is 0 Å². The van der Waals surface area contributed by atoms with Crippen molar-refractivity contribution in [3.8, 4) is 0 Å². The largest absolute Gasteiger partial charge is 0.327 e. The topological polar surface area (TPSA) is 64.7 Å². The molecule has 6 heteroatoms. The Labute approximate surface area is 152 Å². The van der Waals surface area contributed by atoms with Crippen molar-refractivity contribution in [3.05, 3.63) is 71.8 Å². The molecule has 0 saturated carbocycles. The minimum Gasteiger partial charge on any atom is -0.310 e. The van der Waals surface area contributed by atoms with Crippen molar-refractivity contribution in [2.45, 2.75) is 24.3 Å². The third-order valence-corrected chi connectivity index (χ3v) is 5.28. The van der Waals surface area contributed by atoms with E-state index in [1.807, 2.05) is 36.4 Å². The van der Waals surface area contributed by atoms with Gasteiger partial charge >= 0.3 is 6.03 Å². The van der Waals surface area contributed by atoms with Gasteiger partial charge in [-0.25, -0.2) is 4.79 Å². The van der Waals surface area contributed by atoms with Crippen LogP contribution in [-0.4, -0.2) is 48.0 Å². The zero-order chi connectivity index (χ0) is 18.3. The van der Waals surface area contributed by atoms with Gasteiger partial charge < -0.3 is 4.90 Å². The highest BCUT2D eigenvalue weighted by Crippen LogP contribution is 2.35. The van der Waals surface area contributed by atoms with E-state index in [9.17, 15) is 9.59 Å². The van der Waals surface area contributed by atoms with E-state index in [1.165, 1.54) is 11.9 Å². The molecule has 4 unspecified atom stereocenters. The summed E-state index contributed by atoms with van der Waals surface area (Å²) in [4.78, 5) is 27.8. The maximum atomic E-state index is 12.7. The van der Waals surface area contributed by atoms with Crippen molar-refractivity contribution < 1.29 is 9.59 Å². The molecule has 0 radical (unpaired) electrons. The highest BCUT2D eigenvalue weighted by atomic mass is 16.2. The number of likely N-dealkylation sites (N-methyl/N-ethyl adjacent to an activating group) is 2. The number of piperazine rings is 1. The van der Waals surface area contributed by atoms with Crippen LogP contribution < -0.4 is 10.6 Å². The standard InChI is InChI=1S/C20H22N4O2/c1-23-18-17(19(25)24(2)20(23)26)21-15(13-9-5-3-6-10-13)16(22-18)14-11-7-4-8-12-14/h3-12,15-18,21-22H,1-2H3. The highest BCUT2D eigenvalue weighted by Gasteiger charge is 2.49. The van der Waals surface area contributed by atoms with Gasteiger partial charge in [-0.05, 0) is 11.1 Å². The molecular formula is C20H22N4O2. The molecule has 2 aromatic carbocycles. The molecule has 0 aromatic heterocycles. The first kappa shape index (κ1) is 16.8. The summed E-state index contributed by atoms with van der Waals surface area (Å²) < 4.78 is 0. The molecule has 2 aliphatic rings. The number of carbonyl (C=O) groups is 2. The summed E-state index contributed by atoms with van der Waals surface area (Å²) in [6.07, 6.45) is -0.392. The fourth-order valence-corrected chi connectivity index (χ4v) is 3.86. The first-order chi connectivity index (χ1) is 12.6. The summed E-state index contributed by atoms with van der Waals surface area (Å²) >= 11 is 0. The van der Waals surface area contributed by atoms with E-state index in [0.29, 0.717) is 0 Å². The average molecular weight is 350 g/mol. The molecule has 3 amide bonds. The zero-order valence-corrected chi connectivity index (χ0v) is 14.8. The summed E-state index contributed by atoms with van der Waals surface area (Å²) in [5.41, 5.74) is 2.21. The normalized spacial score (nSPS) is 28.8. The lowest BCUT2D eigenvalue weighted by Crippen LogP contribution is -2.74. The zero-order valence-electron chi connectivity index (χ0n) is 14.8. The van der Waals surface area contributed by atoms with E-state index < -0.39 is 12.2 Å². The Morgan fingerprint density at radius 1 is 0.731 bits per heavy atom. The Kier molecular flexibility index (Phi) is 4.22. The van der Waals surface area contributed by atoms with Gasteiger partial charge in [-0.15, -0.1) is 0 Å². The lowest BCUT2D eigenvalue weighted by Gasteiger charge is -2.50. The number of benzene rings is 2. The fraction of sp³-hybridized carbons (Fsp3) is 0.300.